The minimum Gasteiger partial charge on any atom is -0.378 e. The molecule has 0 radical (unpaired) electrons. The molecule has 2 heterocycles. The van der Waals surface area contributed by atoms with Gasteiger partial charge in [-0.05, 0) is 51.6 Å². The van der Waals surface area contributed by atoms with Crippen molar-refractivity contribution in [2.24, 2.45) is 11.8 Å². The van der Waals surface area contributed by atoms with Crippen molar-refractivity contribution < 1.29 is 17.9 Å². The molecule has 160 valence electrons. The van der Waals surface area contributed by atoms with Crippen LogP contribution in [0.5, 0.6) is 0 Å². The summed E-state index contributed by atoms with van der Waals surface area (Å²) >= 11 is 0. The third-order valence-corrected chi connectivity index (χ3v) is 7.25. The zero-order chi connectivity index (χ0) is 19.2. The van der Waals surface area contributed by atoms with Gasteiger partial charge in [0.2, 0.25) is 15.9 Å². The van der Waals surface area contributed by atoms with Crippen molar-refractivity contribution in [3.05, 3.63) is 0 Å². The summed E-state index contributed by atoms with van der Waals surface area (Å²) in [5.74, 6) is 1.09. The molecule has 2 fully saturated rings. The van der Waals surface area contributed by atoms with E-state index in [2.05, 4.69) is 12.2 Å². The standard InChI is InChI=1S/C18H35N3O4S.ClH/c1-15(2)25-11-12-26(23,24)21-9-7-20(8-10-21)18(22)13-16(3)17-5-4-6-19-14-17;/h15-17,19H,4-14H2,1-3H3;1H. The molecular weight excluding hydrogens is 390 g/mol. The van der Waals surface area contributed by atoms with E-state index in [0.29, 0.717) is 44.4 Å². The van der Waals surface area contributed by atoms with Crippen molar-refractivity contribution in [3.63, 3.8) is 0 Å². The number of piperazine rings is 1. The molecule has 0 aromatic rings. The number of ether oxygens (including phenoxy) is 1. The Morgan fingerprint density at radius 2 is 1.85 bits per heavy atom. The molecule has 0 aliphatic carbocycles. The molecule has 2 rings (SSSR count). The second-order valence-electron chi connectivity index (χ2n) is 7.80. The molecule has 2 saturated heterocycles. The van der Waals surface area contributed by atoms with Crippen LogP contribution in [-0.2, 0) is 19.6 Å². The zero-order valence-electron chi connectivity index (χ0n) is 16.9. The van der Waals surface area contributed by atoms with Gasteiger partial charge in [-0.15, -0.1) is 12.4 Å². The van der Waals surface area contributed by atoms with E-state index in [1.807, 2.05) is 18.7 Å². The Balaban J connectivity index is 0.00000364. The monoisotopic (exact) mass is 425 g/mol. The number of hydrogen-bond donors (Lipinski definition) is 1. The van der Waals surface area contributed by atoms with Crippen molar-refractivity contribution in [1.29, 1.82) is 0 Å². The summed E-state index contributed by atoms with van der Waals surface area (Å²) in [5.41, 5.74) is 0. The van der Waals surface area contributed by atoms with Crippen LogP contribution in [0, 0.1) is 11.8 Å². The SMILES string of the molecule is CC(C)OCCS(=O)(=O)N1CCN(C(=O)CC(C)C2CCCNC2)CC1.Cl. The van der Waals surface area contributed by atoms with E-state index in [4.69, 9.17) is 4.74 Å². The molecule has 1 amide bonds. The molecule has 0 aromatic heterocycles. The van der Waals surface area contributed by atoms with Crippen LogP contribution in [-0.4, -0.2) is 81.3 Å². The van der Waals surface area contributed by atoms with Crippen molar-refractivity contribution in [3.8, 4) is 0 Å². The molecule has 0 bridgehead atoms. The van der Waals surface area contributed by atoms with Crippen LogP contribution in [0.1, 0.15) is 40.0 Å². The number of hydrogen-bond acceptors (Lipinski definition) is 5. The second-order valence-corrected chi connectivity index (χ2v) is 9.89. The third kappa shape index (κ3) is 7.85. The Bertz CT molecular complexity index is 545. The van der Waals surface area contributed by atoms with Gasteiger partial charge < -0.3 is 15.0 Å². The fourth-order valence-electron chi connectivity index (χ4n) is 3.67. The molecule has 0 saturated carbocycles. The van der Waals surface area contributed by atoms with E-state index >= 15 is 0 Å². The number of carbonyl (C=O) groups is 1. The van der Waals surface area contributed by atoms with Crippen LogP contribution in [0.15, 0.2) is 0 Å². The van der Waals surface area contributed by atoms with Crippen molar-refractivity contribution in [1.82, 2.24) is 14.5 Å². The quantitative estimate of drug-likeness (QED) is 0.634. The summed E-state index contributed by atoms with van der Waals surface area (Å²) in [6.45, 7) is 9.97. The highest BCUT2D eigenvalue weighted by atomic mass is 35.5. The molecule has 0 aromatic carbocycles. The van der Waals surface area contributed by atoms with Crippen molar-refractivity contribution in [2.45, 2.75) is 46.1 Å². The first kappa shape index (κ1) is 24.6. The van der Waals surface area contributed by atoms with Gasteiger partial charge in [0.25, 0.3) is 0 Å². The van der Waals surface area contributed by atoms with E-state index in [1.54, 1.807) is 0 Å². The average molecular weight is 426 g/mol. The molecule has 2 atom stereocenters. The summed E-state index contributed by atoms with van der Waals surface area (Å²) in [4.78, 5) is 14.4. The lowest BCUT2D eigenvalue weighted by atomic mass is 9.85. The number of piperidine rings is 1. The highest BCUT2D eigenvalue weighted by Gasteiger charge is 2.30. The van der Waals surface area contributed by atoms with Crippen LogP contribution < -0.4 is 5.32 Å². The third-order valence-electron chi connectivity index (χ3n) is 5.41. The molecule has 2 unspecified atom stereocenters. The summed E-state index contributed by atoms with van der Waals surface area (Å²) in [6.07, 6.45) is 2.95. The van der Waals surface area contributed by atoms with Crippen LogP contribution in [0.25, 0.3) is 0 Å². The second kappa shape index (κ2) is 11.6. The molecule has 27 heavy (non-hydrogen) atoms. The lowest BCUT2D eigenvalue weighted by molar-refractivity contribution is -0.133. The summed E-state index contributed by atoms with van der Waals surface area (Å²) in [7, 11) is -3.31. The molecule has 7 nitrogen and oxygen atoms in total. The van der Waals surface area contributed by atoms with Gasteiger partial charge in [0.1, 0.15) is 0 Å². The van der Waals surface area contributed by atoms with E-state index in [0.717, 1.165) is 13.1 Å². The number of amides is 1. The van der Waals surface area contributed by atoms with Gasteiger partial charge in [0.05, 0.1) is 18.5 Å². The molecule has 9 heteroatoms. The Hall–Kier alpha value is -0.410. The first-order chi connectivity index (χ1) is 12.3. The Morgan fingerprint density at radius 3 is 2.41 bits per heavy atom. The smallest absolute Gasteiger partial charge is 0.222 e. The molecular formula is C18H36ClN3O4S. The highest BCUT2D eigenvalue weighted by molar-refractivity contribution is 7.89. The van der Waals surface area contributed by atoms with Gasteiger partial charge >= 0.3 is 0 Å². The number of carbonyl (C=O) groups excluding carboxylic acids is 1. The topological polar surface area (TPSA) is 79.0 Å². The summed E-state index contributed by atoms with van der Waals surface area (Å²) < 4.78 is 31.6. The Morgan fingerprint density at radius 1 is 1.19 bits per heavy atom. The number of halogens is 1. The van der Waals surface area contributed by atoms with Gasteiger partial charge in [-0.1, -0.05) is 6.92 Å². The molecule has 2 aliphatic rings. The number of sulfonamides is 1. The maximum Gasteiger partial charge on any atom is 0.222 e. The van der Waals surface area contributed by atoms with Crippen LogP contribution in [0.4, 0.5) is 0 Å². The maximum absolute atomic E-state index is 12.6. The fraction of sp³-hybridized carbons (Fsp3) is 0.944. The van der Waals surface area contributed by atoms with E-state index in [-0.39, 0.29) is 36.8 Å². The number of rotatable bonds is 8. The predicted octanol–water partition coefficient (Wildman–Crippen LogP) is 1.33. The largest absolute Gasteiger partial charge is 0.378 e. The van der Waals surface area contributed by atoms with Gasteiger partial charge in [0, 0.05) is 32.6 Å². The molecule has 1 N–H and O–H groups in total. The lowest BCUT2D eigenvalue weighted by Gasteiger charge is -2.35. The normalized spacial score (nSPS) is 23.1. The van der Waals surface area contributed by atoms with Crippen LogP contribution >= 0.6 is 12.4 Å². The van der Waals surface area contributed by atoms with Crippen LogP contribution in [0.2, 0.25) is 0 Å². The predicted molar refractivity (Wildman–Crippen MR) is 110 cm³/mol. The Labute approximate surface area is 170 Å². The van der Waals surface area contributed by atoms with Crippen LogP contribution in [0.3, 0.4) is 0 Å². The average Bonchev–Trinajstić information content (AvgIpc) is 2.62. The van der Waals surface area contributed by atoms with E-state index in [1.165, 1.54) is 17.1 Å². The summed E-state index contributed by atoms with van der Waals surface area (Å²) in [6, 6.07) is 0. The van der Waals surface area contributed by atoms with Crippen molar-refractivity contribution >= 4 is 28.3 Å². The van der Waals surface area contributed by atoms with Gasteiger partial charge in [-0.2, -0.15) is 4.31 Å². The van der Waals surface area contributed by atoms with Gasteiger partial charge in [-0.3, -0.25) is 4.79 Å². The number of nitrogens with zero attached hydrogens (tertiary/aromatic N) is 2. The Kier molecular flexibility index (Phi) is 10.5. The van der Waals surface area contributed by atoms with Gasteiger partial charge in [0.15, 0.2) is 0 Å². The lowest BCUT2D eigenvalue weighted by Crippen LogP contribution is -2.51. The van der Waals surface area contributed by atoms with Crippen molar-refractivity contribution in [2.75, 3.05) is 51.6 Å². The van der Waals surface area contributed by atoms with E-state index in [9.17, 15) is 13.2 Å². The maximum atomic E-state index is 12.6. The van der Waals surface area contributed by atoms with Gasteiger partial charge in [-0.25, -0.2) is 8.42 Å². The first-order valence-corrected chi connectivity index (χ1v) is 11.5. The fourth-order valence-corrected chi connectivity index (χ4v) is 4.95. The molecule has 0 spiro atoms. The number of nitrogens with one attached hydrogen (secondary N) is 1. The summed E-state index contributed by atoms with van der Waals surface area (Å²) in [5, 5.41) is 3.41. The highest BCUT2D eigenvalue weighted by Crippen LogP contribution is 2.23. The minimum absolute atomic E-state index is 0. The molecule has 2 aliphatic heterocycles. The minimum atomic E-state index is -3.31. The van der Waals surface area contributed by atoms with E-state index < -0.39 is 10.0 Å². The first-order valence-electron chi connectivity index (χ1n) is 9.87. The zero-order valence-corrected chi connectivity index (χ0v) is 18.5.